The maximum atomic E-state index is 12.6. The van der Waals surface area contributed by atoms with Gasteiger partial charge in [-0.15, -0.1) is 0 Å². The number of carboxylic acid groups (broad SMARTS) is 1. The Balaban J connectivity index is 0.000000298. The SMILES string of the molecule is CCc1ccc(C(=O)N2CCC23CCNCC3)cc1.O=C(O)C(F)(F)F. The zero-order valence-corrected chi connectivity index (χ0v) is 14.6. The predicted octanol–water partition coefficient (Wildman–Crippen LogP) is 2.85. The lowest BCUT2D eigenvalue weighted by Gasteiger charge is -2.55. The monoisotopic (exact) mass is 372 g/mol. The van der Waals surface area contributed by atoms with Gasteiger partial charge in [0, 0.05) is 17.6 Å². The van der Waals surface area contributed by atoms with Crippen LogP contribution in [-0.4, -0.2) is 53.2 Å². The van der Waals surface area contributed by atoms with Crippen LogP contribution in [0.4, 0.5) is 13.2 Å². The second-order valence-electron chi connectivity index (χ2n) is 6.53. The molecule has 2 fully saturated rings. The highest BCUT2D eigenvalue weighted by molar-refractivity contribution is 5.95. The van der Waals surface area contributed by atoms with Gasteiger partial charge in [0.05, 0.1) is 0 Å². The van der Waals surface area contributed by atoms with Crippen molar-refractivity contribution in [1.29, 1.82) is 0 Å². The zero-order chi connectivity index (χ0) is 19.4. The molecule has 2 aliphatic rings. The molecular weight excluding hydrogens is 349 g/mol. The number of hydrogen-bond acceptors (Lipinski definition) is 3. The van der Waals surface area contributed by atoms with Crippen molar-refractivity contribution in [3.63, 3.8) is 0 Å². The molecule has 1 aromatic carbocycles. The number of nitrogens with one attached hydrogen (secondary N) is 1. The molecule has 0 bridgehead atoms. The van der Waals surface area contributed by atoms with E-state index in [2.05, 4.69) is 29.3 Å². The second kappa shape index (κ2) is 8.07. The summed E-state index contributed by atoms with van der Waals surface area (Å²) >= 11 is 0. The number of hydrogen-bond donors (Lipinski definition) is 2. The Bertz CT molecular complexity index is 638. The van der Waals surface area contributed by atoms with Gasteiger partial charge in [0.25, 0.3) is 5.91 Å². The molecule has 1 spiro atoms. The molecule has 8 heteroatoms. The summed E-state index contributed by atoms with van der Waals surface area (Å²) in [7, 11) is 0. The van der Waals surface area contributed by atoms with Crippen molar-refractivity contribution in [3.8, 4) is 0 Å². The van der Waals surface area contributed by atoms with Gasteiger partial charge < -0.3 is 15.3 Å². The van der Waals surface area contributed by atoms with E-state index in [9.17, 15) is 18.0 Å². The minimum atomic E-state index is -5.08. The van der Waals surface area contributed by atoms with E-state index in [-0.39, 0.29) is 11.4 Å². The molecule has 3 rings (SSSR count). The van der Waals surface area contributed by atoms with Gasteiger partial charge >= 0.3 is 12.1 Å². The van der Waals surface area contributed by atoms with Crippen molar-refractivity contribution in [3.05, 3.63) is 35.4 Å². The normalized spacial score (nSPS) is 18.5. The van der Waals surface area contributed by atoms with Crippen LogP contribution in [0.3, 0.4) is 0 Å². The summed E-state index contributed by atoms with van der Waals surface area (Å²) in [6.07, 6.45) is -0.682. The van der Waals surface area contributed by atoms with Gasteiger partial charge in [-0.05, 0) is 56.5 Å². The van der Waals surface area contributed by atoms with Crippen LogP contribution in [0.25, 0.3) is 0 Å². The number of piperidine rings is 1. The predicted molar refractivity (Wildman–Crippen MR) is 90.0 cm³/mol. The molecule has 1 amide bonds. The Morgan fingerprint density at radius 2 is 1.69 bits per heavy atom. The number of rotatable bonds is 2. The van der Waals surface area contributed by atoms with Crippen molar-refractivity contribution >= 4 is 11.9 Å². The number of benzene rings is 1. The molecule has 144 valence electrons. The summed E-state index contributed by atoms with van der Waals surface area (Å²) < 4.78 is 31.7. The minimum absolute atomic E-state index is 0.158. The minimum Gasteiger partial charge on any atom is -0.475 e. The van der Waals surface area contributed by atoms with Crippen molar-refractivity contribution in [2.45, 2.75) is 44.3 Å². The zero-order valence-electron chi connectivity index (χ0n) is 14.6. The van der Waals surface area contributed by atoms with Gasteiger partial charge in [-0.25, -0.2) is 4.79 Å². The lowest BCUT2D eigenvalue weighted by molar-refractivity contribution is -0.192. The number of aliphatic carboxylic acids is 1. The molecule has 0 unspecified atom stereocenters. The summed E-state index contributed by atoms with van der Waals surface area (Å²) in [6, 6.07) is 8.10. The number of carbonyl (C=O) groups is 2. The van der Waals surface area contributed by atoms with Crippen molar-refractivity contribution < 1.29 is 27.9 Å². The topological polar surface area (TPSA) is 69.6 Å². The molecule has 0 saturated carbocycles. The van der Waals surface area contributed by atoms with Crippen LogP contribution in [0.1, 0.15) is 42.1 Å². The van der Waals surface area contributed by atoms with Gasteiger partial charge in [0.15, 0.2) is 0 Å². The van der Waals surface area contributed by atoms with Crippen LogP contribution >= 0.6 is 0 Å². The van der Waals surface area contributed by atoms with Crippen LogP contribution in [0.5, 0.6) is 0 Å². The van der Waals surface area contributed by atoms with Gasteiger partial charge in [-0.1, -0.05) is 19.1 Å². The van der Waals surface area contributed by atoms with Crippen LogP contribution < -0.4 is 5.32 Å². The van der Waals surface area contributed by atoms with Crippen LogP contribution in [0.15, 0.2) is 24.3 Å². The highest BCUT2D eigenvalue weighted by Gasteiger charge is 2.47. The number of halogens is 3. The molecule has 0 aromatic heterocycles. The number of likely N-dealkylation sites (tertiary alicyclic amines) is 1. The van der Waals surface area contributed by atoms with E-state index in [1.807, 2.05) is 12.1 Å². The molecule has 2 N–H and O–H groups in total. The summed E-state index contributed by atoms with van der Waals surface area (Å²) in [6.45, 7) is 5.14. The smallest absolute Gasteiger partial charge is 0.475 e. The summed E-state index contributed by atoms with van der Waals surface area (Å²) in [5.74, 6) is -2.54. The van der Waals surface area contributed by atoms with E-state index in [4.69, 9.17) is 9.90 Å². The molecule has 2 heterocycles. The second-order valence-corrected chi connectivity index (χ2v) is 6.53. The molecule has 2 aliphatic heterocycles. The Morgan fingerprint density at radius 3 is 2.08 bits per heavy atom. The van der Waals surface area contributed by atoms with Gasteiger partial charge in [0.2, 0.25) is 0 Å². The Labute approximate surface area is 150 Å². The van der Waals surface area contributed by atoms with E-state index < -0.39 is 12.1 Å². The average Bonchev–Trinajstić information content (AvgIpc) is 2.61. The van der Waals surface area contributed by atoms with Crippen LogP contribution in [0.2, 0.25) is 0 Å². The number of carboxylic acids is 1. The first-order valence-corrected chi connectivity index (χ1v) is 8.61. The number of aryl methyl sites for hydroxylation is 1. The summed E-state index contributed by atoms with van der Waals surface area (Å²) in [5, 5.41) is 10.5. The maximum Gasteiger partial charge on any atom is 0.490 e. The van der Waals surface area contributed by atoms with E-state index in [0.29, 0.717) is 0 Å². The molecule has 0 atom stereocenters. The molecule has 26 heavy (non-hydrogen) atoms. The first-order chi connectivity index (χ1) is 12.2. The number of carbonyl (C=O) groups excluding carboxylic acids is 1. The molecular formula is C18H23F3N2O3. The number of alkyl halides is 3. The quantitative estimate of drug-likeness (QED) is 0.838. The molecule has 0 radical (unpaired) electrons. The molecule has 1 aromatic rings. The van der Waals surface area contributed by atoms with Crippen molar-refractivity contribution in [1.82, 2.24) is 10.2 Å². The third-order valence-electron chi connectivity index (χ3n) is 5.00. The fraction of sp³-hybridized carbons (Fsp3) is 0.556. The standard InChI is InChI=1S/C16H22N2O.C2HF3O2/c1-2-13-3-5-14(6-4-13)15(19)18-12-9-16(18)7-10-17-11-8-16;3-2(4,5)1(6)7/h3-6,17H,2,7-12H2,1H3;(H,6,7). The fourth-order valence-corrected chi connectivity index (χ4v) is 3.31. The van der Waals surface area contributed by atoms with E-state index in [1.54, 1.807) is 0 Å². The highest BCUT2D eigenvalue weighted by Crippen LogP contribution is 2.39. The fourth-order valence-electron chi connectivity index (χ4n) is 3.31. The maximum absolute atomic E-state index is 12.6. The van der Waals surface area contributed by atoms with Crippen LogP contribution in [-0.2, 0) is 11.2 Å². The largest absolute Gasteiger partial charge is 0.490 e. The van der Waals surface area contributed by atoms with Crippen LogP contribution in [0, 0.1) is 0 Å². The van der Waals surface area contributed by atoms with Crippen molar-refractivity contribution in [2.75, 3.05) is 19.6 Å². The van der Waals surface area contributed by atoms with Gasteiger partial charge in [0.1, 0.15) is 0 Å². The average molecular weight is 372 g/mol. The third kappa shape index (κ3) is 4.55. The lowest BCUT2D eigenvalue weighted by atomic mass is 9.76. The number of nitrogens with zero attached hydrogens (tertiary/aromatic N) is 1. The lowest BCUT2D eigenvalue weighted by Crippen LogP contribution is -2.65. The molecule has 5 nitrogen and oxygen atoms in total. The molecule has 0 aliphatic carbocycles. The first kappa shape index (κ1) is 20.2. The summed E-state index contributed by atoms with van der Waals surface area (Å²) in [4.78, 5) is 23.6. The molecule has 2 saturated heterocycles. The van der Waals surface area contributed by atoms with Gasteiger partial charge in [-0.2, -0.15) is 13.2 Å². The number of amides is 1. The Kier molecular flexibility index (Phi) is 6.28. The Morgan fingerprint density at radius 1 is 1.15 bits per heavy atom. The van der Waals surface area contributed by atoms with E-state index in [1.165, 1.54) is 12.0 Å². The third-order valence-corrected chi connectivity index (χ3v) is 5.00. The summed E-state index contributed by atoms with van der Waals surface area (Å²) in [5.41, 5.74) is 2.29. The highest BCUT2D eigenvalue weighted by atomic mass is 19.4. The first-order valence-electron chi connectivity index (χ1n) is 8.61. The van der Waals surface area contributed by atoms with Crippen molar-refractivity contribution in [2.24, 2.45) is 0 Å². The Hall–Kier alpha value is -2.09. The van der Waals surface area contributed by atoms with Gasteiger partial charge in [-0.3, -0.25) is 4.79 Å². The van der Waals surface area contributed by atoms with E-state index >= 15 is 0 Å². The van der Waals surface area contributed by atoms with E-state index in [0.717, 1.165) is 44.5 Å².